The highest BCUT2D eigenvalue weighted by molar-refractivity contribution is 7.03. The molecule has 2 rings (SSSR count). The molecule has 1 fully saturated rings. The number of aromatic nitrogens is 2. The van der Waals surface area contributed by atoms with Crippen LogP contribution in [0.1, 0.15) is 29.8 Å². The number of hydrogen-bond donors (Lipinski definition) is 1. The van der Waals surface area contributed by atoms with E-state index in [1.54, 1.807) is 5.38 Å². The molecular weight excluding hydrogens is 236 g/mol. The van der Waals surface area contributed by atoms with Crippen molar-refractivity contribution in [2.75, 3.05) is 26.7 Å². The highest BCUT2D eigenvalue weighted by Crippen LogP contribution is 2.21. The van der Waals surface area contributed by atoms with Gasteiger partial charge in [-0.15, -0.1) is 5.10 Å². The zero-order chi connectivity index (χ0) is 12.1. The van der Waals surface area contributed by atoms with Gasteiger partial charge in [0.15, 0.2) is 5.69 Å². The molecule has 0 spiro atoms. The number of nitrogens with zero attached hydrogens (tertiary/aromatic N) is 3. The van der Waals surface area contributed by atoms with E-state index in [0.29, 0.717) is 5.69 Å². The van der Waals surface area contributed by atoms with Gasteiger partial charge in [-0.3, -0.25) is 4.79 Å². The van der Waals surface area contributed by atoms with Gasteiger partial charge in [-0.2, -0.15) is 0 Å². The topological polar surface area (TPSA) is 58.1 Å². The van der Waals surface area contributed by atoms with Crippen LogP contribution in [0.5, 0.6) is 0 Å². The van der Waals surface area contributed by atoms with Crippen molar-refractivity contribution in [2.24, 2.45) is 5.92 Å². The van der Waals surface area contributed by atoms with Gasteiger partial charge < -0.3 is 10.2 Å². The van der Waals surface area contributed by atoms with Crippen molar-refractivity contribution in [1.82, 2.24) is 19.8 Å². The first-order valence-corrected chi connectivity index (χ1v) is 6.86. The summed E-state index contributed by atoms with van der Waals surface area (Å²) in [6, 6.07) is 0. The summed E-state index contributed by atoms with van der Waals surface area (Å²) < 4.78 is 3.73. The van der Waals surface area contributed by atoms with Gasteiger partial charge in [-0.25, -0.2) is 0 Å². The van der Waals surface area contributed by atoms with Crippen LogP contribution in [-0.2, 0) is 0 Å². The van der Waals surface area contributed by atoms with E-state index >= 15 is 0 Å². The lowest BCUT2D eigenvalue weighted by Crippen LogP contribution is -2.39. The minimum Gasteiger partial charge on any atom is -0.337 e. The highest BCUT2D eigenvalue weighted by Gasteiger charge is 2.24. The SMILES string of the molecule is CNCCC1CCN(C(=O)c2csnn2)CC1. The lowest BCUT2D eigenvalue weighted by molar-refractivity contribution is 0.0681. The monoisotopic (exact) mass is 254 g/mol. The quantitative estimate of drug-likeness (QED) is 0.871. The largest absolute Gasteiger partial charge is 0.337 e. The Morgan fingerprint density at radius 3 is 2.94 bits per heavy atom. The zero-order valence-corrected chi connectivity index (χ0v) is 10.9. The highest BCUT2D eigenvalue weighted by atomic mass is 32.1. The fraction of sp³-hybridized carbons (Fsp3) is 0.727. The molecule has 1 aliphatic heterocycles. The first kappa shape index (κ1) is 12.4. The molecule has 1 aromatic heterocycles. The molecule has 0 aromatic carbocycles. The number of rotatable bonds is 4. The van der Waals surface area contributed by atoms with Gasteiger partial charge >= 0.3 is 0 Å². The second-order valence-electron chi connectivity index (χ2n) is 4.42. The molecule has 0 atom stereocenters. The molecule has 2 heterocycles. The van der Waals surface area contributed by atoms with E-state index in [1.165, 1.54) is 18.0 Å². The van der Waals surface area contributed by atoms with Crippen LogP contribution >= 0.6 is 11.5 Å². The number of piperidine rings is 1. The fourth-order valence-electron chi connectivity index (χ4n) is 2.19. The summed E-state index contributed by atoms with van der Waals surface area (Å²) in [5.41, 5.74) is 0.490. The Kier molecular flexibility index (Phi) is 4.44. The van der Waals surface area contributed by atoms with Crippen LogP contribution in [0.2, 0.25) is 0 Å². The van der Waals surface area contributed by atoms with Gasteiger partial charge in [0.2, 0.25) is 0 Å². The molecule has 17 heavy (non-hydrogen) atoms. The van der Waals surface area contributed by atoms with Crippen molar-refractivity contribution in [3.8, 4) is 0 Å². The van der Waals surface area contributed by atoms with E-state index in [2.05, 4.69) is 14.9 Å². The lowest BCUT2D eigenvalue weighted by Gasteiger charge is -2.31. The standard InChI is InChI=1S/C11H18N4OS/c1-12-5-2-9-3-6-15(7-4-9)11(16)10-8-17-14-13-10/h8-9,12H,2-7H2,1H3. The molecule has 0 saturated carbocycles. The van der Waals surface area contributed by atoms with Crippen molar-refractivity contribution in [2.45, 2.75) is 19.3 Å². The zero-order valence-electron chi connectivity index (χ0n) is 10.1. The van der Waals surface area contributed by atoms with Crippen LogP contribution in [-0.4, -0.2) is 47.1 Å². The molecule has 94 valence electrons. The summed E-state index contributed by atoms with van der Waals surface area (Å²) in [7, 11) is 1.98. The minimum atomic E-state index is 0.0332. The molecule has 1 amide bonds. The molecule has 0 aliphatic carbocycles. The smallest absolute Gasteiger partial charge is 0.275 e. The number of nitrogens with one attached hydrogen (secondary N) is 1. The van der Waals surface area contributed by atoms with Crippen LogP contribution in [0, 0.1) is 5.92 Å². The average molecular weight is 254 g/mol. The van der Waals surface area contributed by atoms with Crippen molar-refractivity contribution < 1.29 is 4.79 Å². The van der Waals surface area contributed by atoms with E-state index in [4.69, 9.17) is 0 Å². The lowest BCUT2D eigenvalue weighted by atomic mass is 9.93. The van der Waals surface area contributed by atoms with Crippen molar-refractivity contribution in [1.29, 1.82) is 0 Å². The molecule has 0 unspecified atom stereocenters. The average Bonchev–Trinajstić information content (AvgIpc) is 2.90. The van der Waals surface area contributed by atoms with Gasteiger partial charge in [0.1, 0.15) is 0 Å². The van der Waals surface area contributed by atoms with E-state index in [-0.39, 0.29) is 5.91 Å². The summed E-state index contributed by atoms with van der Waals surface area (Å²) in [6.07, 6.45) is 3.41. The van der Waals surface area contributed by atoms with Crippen molar-refractivity contribution in [3.05, 3.63) is 11.1 Å². The maximum absolute atomic E-state index is 12.0. The molecule has 5 nitrogen and oxygen atoms in total. The molecule has 1 N–H and O–H groups in total. The second-order valence-corrected chi connectivity index (χ2v) is 5.03. The number of amides is 1. The van der Waals surface area contributed by atoms with Crippen molar-refractivity contribution in [3.63, 3.8) is 0 Å². The minimum absolute atomic E-state index is 0.0332. The Labute approximate surface area is 105 Å². The van der Waals surface area contributed by atoms with Gasteiger partial charge in [0.05, 0.1) is 0 Å². The summed E-state index contributed by atoms with van der Waals surface area (Å²) in [6.45, 7) is 2.77. The Bertz CT molecular complexity index is 346. The van der Waals surface area contributed by atoms with Gasteiger partial charge in [0.25, 0.3) is 5.91 Å². The summed E-state index contributed by atoms with van der Waals surface area (Å²) in [5.74, 6) is 0.783. The molecular formula is C11H18N4OS. The molecule has 1 aromatic rings. The van der Waals surface area contributed by atoms with Crippen LogP contribution in [0.25, 0.3) is 0 Å². The summed E-state index contributed by atoms with van der Waals surface area (Å²) in [4.78, 5) is 13.9. The summed E-state index contributed by atoms with van der Waals surface area (Å²) in [5, 5.41) is 8.72. The van der Waals surface area contributed by atoms with Crippen LogP contribution < -0.4 is 5.32 Å². The maximum atomic E-state index is 12.0. The van der Waals surface area contributed by atoms with E-state index in [0.717, 1.165) is 38.4 Å². The molecule has 0 radical (unpaired) electrons. The predicted molar refractivity (Wildman–Crippen MR) is 67.1 cm³/mol. The number of carbonyl (C=O) groups excluding carboxylic acids is 1. The number of carbonyl (C=O) groups is 1. The Hall–Kier alpha value is -1.01. The molecule has 6 heteroatoms. The third kappa shape index (κ3) is 3.23. The predicted octanol–water partition coefficient (Wildman–Crippen LogP) is 1.000. The number of likely N-dealkylation sites (tertiary alicyclic amines) is 1. The third-order valence-corrected chi connectivity index (χ3v) is 3.79. The third-order valence-electron chi connectivity index (χ3n) is 3.28. The Morgan fingerprint density at radius 1 is 1.59 bits per heavy atom. The summed E-state index contributed by atoms with van der Waals surface area (Å²) >= 11 is 1.23. The Morgan fingerprint density at radius 2 is 2.35 bits per heavy atom. The van der Waals surface area contributed by atoms with Crippen LogP contribution in [0.4, 0.5) is 0 Å². The maximum Gasteiger partial charge on any atom is 0.275 e. The van der Waals surface area contributed by atoms with E-state index in [9.17, 15) is 4.79 Å². The normalized spacial score (nSPS) is 17.4. The van der Waals surface area contributed by atoms with E-state index in [1.807, 2.05) is 11.9 Å². The molecule has 1 saturated heterocycles. The second kappa shape index (κ2) is 6.07. The van der Waals surface area contributed by atoms with E-state index < -0.39 is 0 Å². The molecule has 1 aliphatic rings. The van der Waals surface area contributed by atoms with Gasteiger partial charge in [-0.1, -0.05) is 4.49 Å². The van der Waals surface area contributed by atoms with Crippen molar-refractivity contribution >= 4 is 17.4 Å². The first-order valence-electron chi connectivity index (χ1n) is 6.02. The fourth-order valence-corrected chi connectivity index (χ4v) is 2.62. The molecule has 0 bridgehead atoms. The number of hydrogen-bond acceptors (Lipinski definition) is 5. The van der Waals surface area contributed by atoms with Crippen LogP contribution in [0.3, 0.4) is 0 Å². The van der Waals surface area contributed by atoms with Gasteiger partial charge in [-0.05, 0) is 50.3 Å². The van der Waals surface area contributed by atoms with Gasteiger partial charge in [0, 0.05) is 18.5 Å². The Balaban J connectivity index is 1.81. The van der Waals surface area contributed by atoms with Crippen LogP contribution in [0.15, 0.2) is 5.38 Å². The first-order chi connectivity index (χ1) is 8.31.